The first-order valence-electron chi connectivity index (χ1n) is 6.13. The highest BCUT2D eigenvalue weighted by Crippen LogP contribution is 2.20. The van der Waals surface area contributed by atoms with Crippen LogP contribution in [0.5, 0.6) is 0 Å². The third-order valence-electron chi connectivity index (χ3n) is 3.30. The molecule has 2 amide bonds. The van der Waals surface area contributed by atoms with Gasteiger partial charge in [0.2, 0.25) is 0 Å². The van der Waals surface area contributed by atoms with Gasteiger partial charge in [-0.2, -0.15) is 0 Å². The van der Waals surface area contributed by atoms with Gasteiger partial charge < -0.3 is 20.2 Å². The maximum Gasteiger partial charge on any atom is 0.320 e. The number of carbonyl (C=O) groups is 2. The largest absolute Gasteiger partial charge is 0.481 e. The highest BCUT2D eigenvalue weighted by molar-refractivity contribution is 5.76. The van der Waals surface area contributed by atoms with Crippen molar-refractivity contribution in [3.8, 4) is 0 Å². The molecule has 0 saturated carbocycles. The molecule has 2 aliphatic heterocycles. The SMILES string of the molecule is O=C(O)CC1CN(C(=O)N2CCCNCC2)C1. The van der Waals surface area contributed by atoms with Gasteiger partial charge in [0.15, 0.2) is 0 Å². The molecule has 0 aromatic carbocycles. The predicted octanol–water partition coefficient (Wildman–Crippen LogP) is -0.192. The number of rotatable bonds is 2. The summed E-state index contributed by atoms with van der Waals surface area (Å²) < 4.78 is 0. The number of urea groups is 1. The Kier molecular flexibility index (Phi) is 3.83. The van der Waals surface area contributed by atoms with E-state index in [2.05, 4.69) is 5.32 Å². The molecule has 0 spiro atoms. The molecule has 0 atom stereocenters. The number of hydrogen-bond acceptors (Lipinski definition) is 3. The molecule has 2 N–H and O–H groups in total. The zero-order valence-corrected chi connectivity index (χ0v) is 9.89. The van der Waals surface area contributed by atoms with Crippen LogP contribution < -0.4 is 5.32 Å². The lowest BCUT2D eigenvalue weighted by Crippen LogP contribution is -2.55. The van der Waals surface area contributed by atoms with Crippen LogP contribution in [-0.4, -0.2) is 66.2 Å². The molecule has 2 aliphatic rings. The van der Waals surface area contributed by atoms with Crippen molar-refractivity contribution in [1.29, 1.82) is 0 Å². The number of carboxylic acids is 1. The molecule has 0 bridgehead atoms. The smallest absolute Gasteiger partial charge is 0.320 e. The van der Waals surface area contributed by atoms with Gasteiger partial charge in [0, 0.05) is 38.6 Å². The fourth-order valence-corrected chi connectivity index (χ4v) is 2.34. The minimum absolute atomic E-state index is 0.0651. The van der Waals surface area contributed by atoms with Gasteiger partial charge >= 0.3 is 12.0 Å². The molecule has 0 unspecified atom stereocenters. The molecular formula is C11H19N3O3. The van der Waals surface area contributed by atoms with E-state index in [4.69, 9.17) is 5.11 Å². The normalized spacial score (nSPS) is 21.9. The summed E-state index contributed by atoms with van der Waals surface area (Å²) in [6.07, 6.45) is 1.16. The third-order valence-corrected chi connectivity index (χ3v) is 3.30. The average molecular weight is 241 g/mol. The van der Waals surface area contributed by atoms with Gasteiger partial charge in [-0.1, -0.05) is 0 Å². The number of nitrogens with zero attached hydrogens (tertiary/aromatic N) is 2. The zero-order chi connectivity index (χ0) is 12.3. The van der Waals surface area contributed by atoms with E-state index in [1.165, 1.54) is 0 Å². The van der Waals surface area contributed by atoms with Crippen molar-refractivity contribution in [1.82, 2.24) is 15.1 Å². The number of nitrogens with one attached hydrogen (secondary N) is 1. The van der Waals surface area contributed by atoms with Gasteiger partial charge in [-0.05, 0) is 13.0 Å². The number of amides is 2. The summed E-state index contributed by atoms with van der Waals surface area (Å²) in [6, 6.07) is 0.0651. The van der Waals surface area contributed by atoms with Crippen LogP contribution in [0.4, 0.5) is 4.79 Å². The summed E-state index contributed by atoms with van der Waals surface area (Å²) in [6.45, 7) is 4.54. The minimum Gasteiger partial charge on any atom is -0.481 e. The van der Waals surface area contributed by atoms with Crippen molar-refractivity contribution in [3.05, 3.63) is 0 Å². The number of carboxylic acid groups (broad SMARTS) is 1. The second-order valence-corrected chi connectivity index (χ2v) is 4.74. The Labute approximate surface area is 101 Å². The second-order valence-electron chi connectivity index (χ2n) is 4.74. The monoisotopic (exact) mass is 241 g/mol. The van der Waals surface area contributed by atoms with Crippen LogP contribution in [0.3, 0.4) is 0 Å². The fourth-order valence-electron chi connectivity index (χ4n) is 2.34. The van der Waals surface area contributed by atoms with E-state index in [1.54, 1.807) is 4.90 Å². The standard InChI is InChI=1S/C11H19N3O3/c15-10(16)6-9-7-14(8-9)11(17)13-4-1-2-12-3-5-13/h9,12H,1-8H2,(H,15,16). The molecule has 6 heteroatoms. The molecule has 2 heterocycles. The number of aliphatic carboxylic acids is 1. The summed E-state index contributed by atoms with van der Waals surface area (Å²) in [5.41, 5.74) is 0. The molecule has 0 aromatic rings. The van der Waals surface area contributed by atoms with Crippen LogP contribution in [0.25, 0.3) is 0 Å². The van der Waals surface area contributed by atoms with E-state index in [0.29, 0.717) is 13.1 Å². The molecule has 2 fully saturated rings. The lowest BCUT2D eigenvalue weighted by atomic mass is 9.97. The maximum absolute atomic E-state index is 12.0. The van der Waals surface area contributed by atoms with Gasteiger partial charge in [-0.3, -0.25) is 4.79 Å². The maximum atomic E-state index is 12.0. The van der Waals surface area contributed by atoms with Crippen molar-refractivity contribution >= 4 is 12.0 Å². The molecule has 17 heavy (non-hydrogen) atoms. The molecule has 0 aromatic heterocycles. The molecule has 96 valence electrons. The van der Waals surface area contributed by atoms with E-state index in [0.717, 1.165) is 32.6 Å². The molecule has 2 saturated heterocycles. The Morgan fingerprint density at radius 1 is 1.18 bits per heavy atom. The first-order chi connectivity index (χ1) is 8.16. The van der Waals surface area contributed by atoms with Crippen molar-refractivity contribution in [2.45, 2.75) is 12.8 Å². The van der Waals surface area contributed by atoms with E-state index in [9.17, 15) is 9.59 Å². The second kappa shape index (κ2) is 5.35. The van der Waals surface area contributed by atoms with Crippen LogP contribution in [0, 0.1) is 5.92 Å². The summed E-state index contributed by atoms with van der Waals surface area (Å²) in [4.78, 5) is 26.2. The van der Waals surface area contributed by atoms with Crippen LogP contribution >= 0.6 is 0 Å². The highest BCUT2D eigenvalue weighted by atomic mass is 16.4. The number of hydrogen-bond donors (Lipinski definition) is 2. The average Bonchev–Trinajstić information content (AvgIpc) is 2.50. The number of carbonyl (C=O) groups excluding carboxylic acids is 1. The Balaban J connectivity index is 1.76. The molecule has 0 aliphatic carbocycles. The van der Waals surface area contributed by atoms with Gasteiger partial charge in [-0.15, -0.1) is 0 Å². The van der Waals surface area contributed by atoms with E-state index >= 15 is 0 Å². The van der Waals surface area contributed by atoms with E-state index in [1.807, 2.05) is 4.90 Å². The van der Waals surface area contributed by atoms with Crippen molar-refractivity contribution in [2.75, 3.05) is 39.3 Å². The van der Waals surface area contributed by atoms with Crippen molar-refractivity contribution < 1.29 is 14.7 Å². The predicted molar refractivity (Wildman–Crippen MR) is 61.8 cm³/mol. The lowest BCUT2D eigenvalue weighted by molar-refractivity contribution is -0.139. The first-order valence-corrected chi connectivity index (χ1v) is 6.13. The van der Waals surface area contributed by atoms with Crippen molar-refractivity contribution in [3.63, 3.8) is 0 Å². The van der Waals surface area contributed by atoms with Crippen LogP contribution in [-0.2, 0) is 4.79 Å². The van der Waals surface area contributed by atoms with Crippen LogP contribution in [0.15, 0.2) is 0 Å². The number of likely N-dealkylation sites (tertiary alicyclic amines) is 1. The summed E-state index contributed by atoms with van der Waals surface area (Å²) in [5.74, 6) is -0.636. The molecule has 6 nitrogen and oxygen atoms in total. The molecule has 2 rings (SSSR count). The van der Waals surface area contributed by atoms with E-state index in [-0.39, 0.29) is 18.4 Å². The topological polar surface area (TPSA) is 72.9 Å². The highest BCUT2D eigenvalue weighted by Gasteiger charge is 2.34. The van der Waals surface area contributed by atoms with Gasteiger partial charge in [0.25, 0.3) is 0 Å². The van der Waals surface area contributed by atoms with Crippen LogP contribution in [0.1, 0.15) is 12.8 Å². The quantitative estimate of drug-likeness (QED) is 0.702. The Bertz CT molecular complexity index is 294. The lowest BCUT2D eigenvalue weighted by Gasteiger charge is -2.41. The van der Waals surface area contributed by atoms with Gasteiger partial charge in [0.05, 0.1) is 6.42 Å². The minimum atomic E-state index is -0.777. The fraction of sp³-hybridized carbons (Fsp3) is 0.818. The third kappa shape index (κ3) is 3.09. The Hall–Kier alpha value is -1.30. The van der Waals surface area contributed by atoms with Crippen molar-refractivity contribution in [2.24, 2.45) is 5.92 Å². The Morgan fingerprint density at radius 3 is 2.65 bits per heavy atom. The molecule has 0 radical (unpaired) electrons. The first kappa shape index (κ1) is 12.2. The van der Waals surface area contributed by atoms with Crippen LogP contribution in [0.2, 0.25) is 0 Å². The van der Waals surface area contributed by atoms with E-state index < -0.39 is 5.97 Å². The Morgan fingerprint density at radius 2 is 1.94 bits per heavy atom. The summed E-state index contributed by atoms with van der Waals surface area (Å²) in [7, 11) is 0. The summed E-state index contributed by atoms with van der Waals surface area (Å²) >= 11 is 0. The summed E-state index contributed by atoms with van der Waals surface area (Å²) in [5, 5.41) is 11.9. The zero-order valence-electron chi connectivity index (χ0n) is 9.89. The van der Waals surface area contributed by atoms with Gasteiger partial charge in [-0.25, -0.2) is 4.79 Å². The van der Waals surface area contributed by atoms with Gasteiger partial charge in [0.1, 0.15) is 0 Å². The molecular weight excluding hydrogens is 222 g/mol.